The summed E-state index contributed by atoms with van der Waals surface area (Å²) in [6.07, 6.45) is -5.17. The average Bonchev–Trinajstić information content (AvgIpc) is 2.91. The molecule has 0 spiro atoms. The second kappa shape index (κ2) is 5.53. The SMILES string of the molecule is O=C(Cc1cccc2ccccc12)N1CCC(O)(C(F)(F)F)C1. The van der Waals surface area contributed by atoms with Crippen LogP contribution >= 0.6 is 0 Å². The second-order valence-electron chi connectivity index (χ2n) is 5.91. The van der Waals surface area contributed by atoms with E-state index in [1.165, 1.54) is 0 Å². The highest BCUT2D eigenvalue weighted by Gasteiger charge is 2.57. The molecule has 0 saturated carbocycles. The van der Waals surface area contributed by atoms with E-state index in [1.54, 1.807) is 6.07 Å². The van der Waals surface area contributed by atoms with Gasteiger partial charge in [-0.05, 0) is 16.3 Å². The highest BCUT2D eigenvalue weighted by atomic mass is 19.4. The van der Waals surface area contributed by atoms with Gasteiger partial charge in [0.1, 0.15) is 0 Å². The lowest BCUT2D eigenvalue weighted by molar-refractivity contribution is -0.253. The van der Waals surface area contributed by atoms with Crippen molar-refractivity contribution in [3.63, 3.8) is 0 Å². The molecule has 1 unspecified atom stereocenters. The fraction of sp³-hybridized carbons (Fsp3) is 0.353. The summed E-state index contributed by atoms with van der Waals surface area (Å²) in [4.78, 5) is 13.4. The maximum Gasteiger partial charge on any atom is 0.419 e. The van der Waals surface area contributed by atoms with Gasteiger partial charge < -0.3 is 10.0 Å². The maximum atomic E-state index is 12.8. The van der Waals surface area contributed by atoms with Crippen molar-refractivity contribution in [3.05, 3.63) is 48.0 Å². The van der Waals surface area contributed by atoms with E-state index < -0.39 is 30.7 Å². The number of aliphatic hydroxyl groups is 1. The minimum absolute atomic E-state index is 0.0231. The van der Waals surface area contributed by atoms with Crippen LogP contribution in [0.1, 0.15) is 12.0 Å². The lowest BCUT2D eigenvalue weighted by Gasteiger charge is -2.26. The van der Waals surface area contributed by atoms with Gasteiger partial charge in [-0.3, -0.25) is 4.79 Å². The maximum absolute atomic E-state index is 12.8. The molecular weight excluding hydrogens is 307 g/mol. The zero-order valence-corrected chi connectivity index (χ0v) is 12.3. The number of halogens is 3. The molecule has 1 fully saturated rings. The monoisotopic (exact) mass is 323 g/mol. The Morgan fingerprint density at radius 2 is 1.87 bits per heavy atom. The van der Waals surface area contributed by atoms with Crippen molar-refractivity contribution in [2.75, 3.05) is 13.1 Å². The number of likely N-dealkylation sites (tertiary alicyclic amines) is 1. The fourth-order valence-corrected chi connectivity index (χ4v) is 2.96. The van der Waals surface area contributed by atoms with E-state index in [4.69, 9.17) is 0 Å². The standard InChI is InChI=1S/C17H16F3NO2/c18-17(19,20)16(23)8-9-21(11-16)15(22)10-13-6-3-5-12-4-1-2-7-14(12)13/h1-7,23H,8-11H2. The van der Waals surface area contributed by atoms with Gasteiger partial charge in [-0.15, -0.1) is 0 Å². The van der Waals surface area contributed by atoms with Crippen LogP contribution in [-0.2, 0) is 11.2 Å². The van der Waals surface area contributed by atoms with Crippen LogP contribution in [0.2, 0.25) is 0 Å². The molecule has 1 N–H and O–H groups in total. The molecule has 3 nitrogen and oxygen atoms in total. The highest BCUT2D eigenvalue weighted by molar-refractivity contribution is 5.90. The molecule has 1 aliphatic heterocycles. The molecule has 6 heteroatoms. The van der Waals surface area contributed by atoms with Crippen LogP contribution in [0.15, 0.2) is 42.5 Å². The molecule has 1 saturated heterocycles. The number of fused-ring (bicyclic) bond motifs is 1. The van der Waals surface area contributed by atoms with Gasteiger partial charge in [-0.2, -0.15) is 13.2 Å². The zero-order valence-electron chi connectivity index (χ0n) is 12.3. The number of nitrogens with zero attached hydrogens (tertiary/aromatic N) is 1. The van der Waals surface area contributed by atoms with E-state index in [0.29, 0.717) is 0 Å². The third-order valence-electron chi connectivity index (χ3n) is 4.35. The Labute approximate surface area is 131 Å². The van der Waals surface area contributed by atoms with Crippen LogP contribution in [-0.4, -0.2) is 40.8 Å². The molecule has 23 heavy (non-hydrogen) atoms. The molecule has 1 heterocycles. The summed E-state index contributed by atoms with van der Waals surface area (Å²) in [5.74, 6) is -0.401. The first-order valence-electron chi connectivity index (χ1n) is 7.34. The Kier molecular flexibility index (Phi) is 3.80. The number of hydrogen-bond donors (Lipinski definition) is 1. The highest BCUT2D eigenvalue weighted by Crippen LogP contribution is 2.37. The van der Waals surface area contributed by atoms with E-state index in [0.717, 1.165) is 21.2 Å². The van der Waals surface area contributed by atoms with Gasteiger partial charge in [0.05, 0.1) is 13.0 Å². The van der Waals surface area contributed by atoms with Gasteiger partial charge in [0.15, 0.2) is 5.60 Å². The van der Waals surface area contributed by atoms with Crippen LogP contribution in [0.3, 0.4) is 0 Å². The summed E-state index contributed by atoms with van der Waals surface area (Å²) in [5, 5.41) is 11.6. The number of alkyl halides is 3. The first-order valence-corrected chi connectivity index (χ1v) is 7.34. The molecule has 0 aliphatic carbocycles. The number of benzene rings is 2. The summed E-state index contributed by atoms with van der Waals surface area (Å²) >= 11 is 0. The fourth-order valence-electron chi connectivity index (χ4n) is 2.96. The molecule has 1 aliphatic rings. The topological polar surface area (TPSA) is 40.5 Å². The van der Waals surface area contributed by atoms with Gasteiger partial charge >= 0.3 is 6.18 Å². The van der Waals surface area contributed by atoms with Crippen molar-refractivity contribution in [2.45, 2.75) is 24.6 Å². The lowest BCUT2D eigenvalue weighted by atomic mass is 10.0. The molecule has 3 rings (SSSR count). The minimum Gasteiger partial charge on any atom is -0.379 e. The van der Waals surface area contributed by atoms with E-state index in [-0.39, 0.29) is 13.0 Å². The number of amides is 1. The van der Waals surface area contributed by atoms with Gasteiger partial charge in [0.25, 0.3) is 0 Å². The number of rotatable bonds is 2. The quantitative estimate of drug-likeness (QED) is 0.923. The van der Waals surface area contributed by atoms with Gasteiger partial charge in [0.2, 0.25) is 5.91 Å². The van der Waals surface area contributed by atoms with Crippen molar-refractivity contribution >= 4 is 16.7 Å². The van der Waals surface area contributed by atoms with Gasteiger partial charge in [-0.1, -0.05) is 42.5 Å². The van der Waals surface area contributed by atoms with Crippen molar-refractivity contribution in [1.82, 2.24) is 4.90 Å². The van der Waals surface area contributed by atoms with E-state index in [1.807, 2.05) is 36.4 Å². The van der Waals surface area contributed by atoms with Gasteiger partial charge in [-0.25, -0.2) is 0 Å². The Hall–Kier alpha value is -2.08. The molecule has 1 atom stereocenters. The molecule has 2 aromatic carbocycles. The number of carbonyl (C=O) groups is 1. The van der Waals surface area contributed by atoms with Crippen LogP contribution in [0.25, 0.3) is 10.8 Å². The summed E-state index contributed by atoms with van der Waals surface area (Å²) < 4.78 is 38.5. The Morgan fingerprint density at radius 1 is 1.17 bits per heavy atom. The predicted molar refractivity (Wildman–Crippen MR) is 79.9 cm³/mol. The lowest BCUT2D eigenvalue weighted by Crippen LogP contribution is -2.48. The number of hydrogen-bond acceptors (Lipinski definition) is 2. The molecule has 2 aromatic rings. The summed E-state index contributed by atoms with van der Waals surface area (Å²) in [7, 11) is 0. The van der Waals surface area contributed by atoms with Crippen molar-refractivity contribution in [1.29, 1.82) is 0 Å². The molecule has 122 valence electrons. The summed E-state index contributed by atoms with van der Waals surface area (Å²) in [6.45, 7) is -0.778. The third-order valence-corrected chi connectivity index (χ3v) is 4.35. The predicted octanol–water partition coefficient (Wildman–Crippen LogP) is 2.91. The summed E-state index contributed by atoms with van der Waals surface area (Å²) in [6, 6.07) is 13.1. The Bertz CT molecular complexity index is 739. The first-order chi connectivity index (χ1) is 10.8. The summed E-state index contributed by atoms with van der Waals surface area (Å²) in [5.41, 5.74) is -2.02. The van der Waals surface area contributed by atoms with Crippen molar-refractivity contribution in [2.24, 2.45) is 0 Å². The number of β-amino-alcohol motifs (C(OH)–C–C–N with tert-alkyl or cyclic N) is 1. The normalized spacial score (nSPS) is 21.8. The third kappa shape index (κ3) is 2.91. The van der Waals surface area contributed by atoms with Crippen molar-refractivity contribution < 1.29 is 23.1 Å². The minimum atomic E-state index is -4.72. The zero-order chi connectivity index (χ0) is 16.7. The smallest absolute Gasteiger partial charge is 0.379 e. The van der Waals surface area contributed by atoms with Crippen molar-refractivity contribution in [3.8, 4) is 0 Å². The van der Waals surface area contributed by atoms with Crippen LogP contribution < -0.4 is 0 Å². The van der Waals surface area contributed by atoms with E-state index in [2.05, 4.69) is 0 Å². The first kappa shape index (κ1) is 15.8. The average molecular weight is 323 g/mol. The largest absolute Gasteiger partial charge is 0.419 e. The van der Waals surface area contributed by atoms with Crippen LogP contribution in [0, 0.1) is 0 Å². The Morgan fingerprint density at radius 3 is 2.57 bits per heavy atom. The molecule has 1 amide bonds. The van der Waals surface area contributed by atoms with Crippen LogP contribution in [0.4, 0.5) is 13.2 Å². The second-order valence-corrected chi connectivity index (χ2v) is 5.91. The molecular formula is C17H16F3NO2. The molecule has 0 radical (unpaired) electrons. The van der Waals surface area contributed by atoms with Gasteiger partial charge in [0, 0.05) is 13.0 Å². The Balaban J connectivity index is 1.78. The van der Waals surface area contributed by atoms with Crippen LogP contribution in [0.5, 0.6) is 0 Å². The molecule has 0 aromatic heterocycles. The molecule has 0 bridgehead atoms. The van der Waals surface area contributed by atoms with E-state index >= 15 is 0 Å². The number of carbonyl (C=O) groups excluding carboxylic acids is 1. The van der Waals surface area contributed by atoms with E-state index in [9.17, 15) is 23.1 Å².